The molecule has 4 rings (SSSR count). The van der Waals surface area contributed by atoms with Crippen molar-refractivity contribution < 1.29 is 4.74 Å². The molecule has 4 saturated carbocycles. The fraction of sp³-hybridized carbons (Fsp3) is 1.00. The molecule has 0 aromatic carbocycles. The summed E-state index contributed by atoms with van der Waals surface area (Å²) >= 11 is 0. The van der Waals surface area contributed by atoms with Crippen LogP contribution in [0, 0.1) is 28.6 Å². The maximum Gasteiger partial charge on any atom is 0.0465 e. The summed E-state index contributed by atoms with van der Waals surface area (Å²) in [5.41, 5.74) is 1.24. The van der Waals surface area contributed by atoms with E-state index in [0.717, 1.165) is 30.9 Å². The predicted molar refractivity (Wildman–Crippen MR) is 88.3 cm³/mol. The summed E-state index contributed by atoms with van der Waals surface area (Å²) in [5, 5.41) is 3.91. The number of ether oxygens (including phenoxy) is 1. The van der Waals surface area contributed by atoms with Crippen molar-refractivity contribution in [3.05, 3.63) is 0 Å². The molecule has 0 amide bonds. The first-order valence-electron chi connectivity index (χ1n) is 9.22. The van der Waals surface area contributed by atoms with E-state index >= 15 is 0 Å². The van der Waals surface area contributed by atoms with Crippen molar-refractivity contribution in [1.29, 1.82) is 0 Å². The number of nitrogens with one attached hydrogen (secondary N) is 1. The normalized spacial score (nSPS) is 44.0. The quantitative estimate of drug-likeness (QED) is 0.758. The van der Waals surface area contributed by atoms with Gasteiger partial charge in [-0.15, -0.1) is 0 Å². The molecule has 4 unspecified atom stereocenters. The first-order valence-corrected chi connectivity index (χ1v) is 9.22. The molecule has 0 spiro atoms. The van der Waals surface area contributed by atoms with Crippen molar-refractivity contribution in [2.24, 2.45) is 28.6 Å². The van der Waals surface area contributed by atoms with Gasteiger partial charge in [0.05, 0.1) is 0 Å². The Morgan fingerprint density at radius 2 is 1.86 bits per heavy atom. The largest absolute Gasteiger partial charge is 0.385 e. The minimum atomic E-state index is 0.585. The summed E-state index contributed by atoms with van der Waals surface area (Å²) in [6.07, 6.45) is 10.2. The first kappa shape index (κ1) is 15.8. The van der Waals surface area contributed by atoms with Crippen molar-refractivity contribution in [3.63, 3.8) is 0 Å². The van der Waals surface area contributed by atoms with E-state index in [9.17, 15) is 0 Å². The van der Waals surface area contributed by atoms with Gasteiger partial charge in [-0.2, -0.15) is 0 Å². The predicted octanol–water partition coefficient (Wildman–Crippen LogP) is 4.24. The lowest BCUT2D eigenvalue weighted by Crippen LogP contribution is -2.60. The van der Waals surface area contributed by atoms with Crippen molar-refractivity contribution in [2.45, 2.75) is 71.8 Å². The standard InChI is InChI=1S/C19H35NO/c1-5-20-17(14(2)6-7-21-4)19-11-15-8-16(12-19)10-18(3,9-15)13-19/h14-17,20H,5-13H2,1-4H3. The van der Waals surface area contributed by atoms with Crippen LogP contribution in [-0.2, 0) is 4.74 Å². The van der Waals surface area contributed by atoms with Gasteiger partial charge in [0.1, 0.15) is 0 Å². The van der Waals surface area contributed by atoms with Gasteiger partial charge in [0, 0.05) is 19.8 Å². The van der Waals surface area contributed by atoms with Crippen LogP contribution in [0.2, 0.25) is 0 Å². The van der Waals surface area contributed by atoms with E-state index in [-0.39, 0.29) is 0 Å². The van der Waals surface area contributed by atoms with Crippen LogP contribution in [0.5, 0.6) is 0 Å². The van der Waals surface area contributed by atoms with Crippen LogP contribution in [0.3, 0.4) is 0 Å². The third-order valence-corrected chi connectivity index (χ3v) is 6.83. The monoisotopic (exact) mass is 293 g/mol. The van der Waals surface area contributed by atoms with E-state index in [1.165, 1.54) is 44.9 Å². The number of rotatable bonds is 7. The number of hydrogen-bond acceptors (Lipinski definition) is 2. The zero-order valence-corrected chi connectivity index (χ0v) is 14.6. The molecule has 0 aromatic heterocycles. The zero-order valence-electron chi connectivity index (χ0n) is 14.6. The summed E-state index contributed by atoms with van der Waals surface area (Å²) in [6.45, 7) is 9.33. The Labute approximate surface area is 131 Å². The van der Waals surface area contributed by atoms with Gasteiger partial charge in [-0.1, -0.05) is 20.8 Å². The van der Waals surface area contributed by atoms with Crippen molar-refractivity contribution in [3.8, 4) is 0 Å². The topological polar surface area (TPSA) is 21.3 Å². The lowest BCUT2D eigenvalue weighted by molar-refractivity contribution is -0.126. The van der Waals surface area contributed by atoms with Crippen LogP contribution < -0.4 is 5.32 Å². The highest BCUT2D eigenvalue weighted by Gasteiger charge is 2.58. The van der Waals surface area contributed by atoms with Gasteiger partial charge < -0.3 is 10.1 Å². The van der Waals surface area contributed by atoms with Gasteiger partial charge >= 0.3 is 0 Å². The number of hydrogen-bond donors (Lipinski definition) is 1. The average molecular weight is 293 g/mol. The summed E-state index contributed by atoms with van der Waals surface area (Å²) < 4.78 is 5.35. The second-order valence-corrected chi connectivity index (χ2v) is 8.93. The second kappa shape index (κ2) is 5.85. The molecule has 2 heteroatoms. The van der Waals surface area contributed by atoms with Gasteiger partial charge in [-0.3, -0.25) is 0 Å². The van der Waals surface area contributed by atoms with E-state index in [1.54, 1.807) is 0 Å². The molecule has 0 radical (unpaired) electrons. The highest BCUT2D eigenvalue weighted by molar-refractivity contribution is 5.10. The van der Waals surface area contributed by atoms with Crippen molar-refractivity contribution in [2.75, 3.05) is 20.3 Å². The maximum absolute atomic E-state index is 5.35. The number of methoxy groups -OCH3 is 1. The van der Waals surface area contributed by atoms with Gasteiger partial charge in [-0.05, 0) is 80.1 Å². The Morgan fingerprint density at radius 3 is 2.38 bits per heavy atom. The summed E-state index contributed by atoms with van der Waals surface area (Å²) in [5.74, 6) is 2.77. The van der Waals surface area contributed by atoms with Crippen LogP contribution in [-0.4, -0.2) is 26.3 Å². The van der Waals surface area contributed by atoms with Gasteiger partial charge in [0.25, 0.3) is 0 Å². The molecule has 122 valence electrons. The molecular formula is C19H35NO. The van der Waals surface area contributed by atoms with E-state index in [0.29, 0.717) is 16.9 Å². The third-order valence-electron chi connectivity index (χ3n) is 6.83. The Bertz CT molecular complexity index is 353. The highest BCUT2D eigenvalue weighted by atomic mass is 16.5. The average Bonchev–Trinajstić information content (AvgIpc) is 2.39. The van der Waals surface area contributed by atoms with E-state index in [2.05, 4.69) is 26.1 Å². The fourth-order valence-corrected chi connectivity index (χ4v) is 6.87. The molecule has 4 atom stereocenters. The third kappa shape index (κ3) is 2.91. The van der Waals surface area contributed by atoms with Gasteiger partial charge in [-0.25, -0.2) is 0 Å². The molecule has 1 N–H and O–H groups in total. The molecule has 4 bridgehead atoms. The highest BCUT2D eigenvalue weighted by Crippen LogP contribution is 2.66. The molecule has 2 nitrogen and oxygen atoms in total. The molecule has 0 aromatic rings. The molecule has 4 aliphatic carbocycles. The van der Waals surface area contributed by atoms with Gasteiger partial charge in [0.15, 0.2) is 0 Å². The molecule has 21 heavy (non-hydrogen) atoms. The molecular weight excluding hydrogens is 258 g/mol. The maximum atomic E-state index is 5.35. The van der Waals surface area contributed by atoms with E-state index in [4.69, 9.17) is 4.74 Å². The fourth-order valence-electron chi connectivity index (χ4n) is 6.87. The summed E-state index contributed by atoms with van der Waals surface area (Å²) in [7, 11) is 1.83. The molecule has 0 aliphatic heterocycles. The van der Waals surface area contributed by atoms with Crippen molar-refractivity contribution in [1.82, 2.24) is 5.32 Å². The molecule has 4 aliphatic rings. The summed E-state index contributed by atoms with van der Waals surface area (Å²) in [4.78, 5) is 0. The Hall–Kier alpha value is -0.0800. The Morgan fingerprint density at radius 1 is 1.19 bits per heavy atom. The van der Waals surface area contributed by atoms with Crippen LogP contribution >= 0.6 is 0 Å². The second-order valence-electron chi connectivity index (χ2n) is 8.93. The molecule has 4 fully saturated rings. The van der Waals surface area contributed by atoms with Crippen LogP contribution in [0.15, 0.2) is 0 Å². The van der Waals surface area contributed by atoms with E-state index in [1.807, 2.05) is 7.11 Å². The SMILES string of the molecule is CCNC(C(C)CCOC)C12CC3CC(CC(C)(C3)C1)C2. The minimum Gasteiger partial charge on any atom is -0.385 e. The minimum absolute atomic E-state index is 0.585. The van der Waals surface area contributed by atoms with Crippen LogP contribution in [0.1, 0.15) is 65.7 Å². The van der Waals surface area contributed by atoms with Gasteiger partial charge in [0.2, 0.25) is 0 Å². The lowest BCUT2D eigenvalue weighted by atomic mass is 9.42. The molecule has 0 saturated heterocycles. The first-order chi connectivity index (χ1) is 10.0. The summed E-state index contributed by atoms with van der Waals surface area (Å²) in [6, 6.07) is 0.697. The smallest absolute Gasteiger partial charge is 0.0465 e. The van der Waals surface area contributed by atoms with E-state index < -0.39 is 0 Å². The lowest BCUT2D eigenvalue weighted by Gasteiger charge is -2.64. The van der Waals surface area contributed by atoms with Crippen molar-refractivity contribution >= 4 is 0 Å². The molecule has 0 heterocycles. The van der Waals surface area contributed by atoms with Crippen LogP contribution in [0.25, 0.3) is 0 Å². The Balaban J connectivity index is 1.81. The zero-order chi connectivity index (χ0) is 15.1. The Kier molecular flexibility index (Phi) is 4.40. The van der Waals surface area contributed by atoms with Crippen LogP contribution in [0.4, 0.5) is 0 Å².